The average molecular weight is 436 g/mol. The van der Waals surface area contributed by atoms with Crippen LogP contribution in [0.3, 0.4) is 0 Å². The number of rotatable bonds is 4. The number of ether oxygens (including phenoxy) is 1. The first-order chi connectivity index (χ1) is 15.3. The molecule has 0 unspecified atom stereocenters. The second kappa shape index (κ2) is 10.3. The summed E-state index contributed by atoms with van der Waals surface area (Å²) in [6, 6.07) is 10.9. The van der Waals surface area contributed by atoms with E-state index in [9.17, 15) is 14.7 Å². The fraction of sp³-hybridized carbons (Fsp3) is 0.400. The molecule has 0 aliphatic carbocycles. The maximum absolute atomic E-state index is 13.4. The van der Waals surface area contributed by atoms with E-state index in [0.29, 0.717) is 24.2 Å². The lowest BCUT2D eigenvalue weighted by molar-refractivity contribution is -0.129. The van der Waals surface area contributed by atoms with Crippen molar-refractivity contribution < 1.29 is 19.4 Å². The molecule has 1 aromatic heterocycles. The van der Waals surface area contributed by atoms with Gasteiger partial charge < -0.3 is 19.6 Å². The van der Waals surface area contributed by atoms with Gasteiger partial charge in [-0.3, -0.25) is 9.59 Å². The number of hydrogen-bond donors (Lipinski definition) is 1. The second-order valence-corrected chi connectivity index (χ2v) is 8.21. The zero-order valence-corrected chi connectivity index (χ0v) is 18.9. The highest BCUT2D eigenvalue weighted by Gasteiger charge is 2.34. The predicted octanol–water partition coefficient (Wildman–Crippen LogP) is 2.18. The van der Waals surface area contributed by atoms with E-state index >= 15 is 0 Å². The number of aromatic nitrogens is 1. The number of aliphatic hydroxyl groups is 1. The Morgan fingerprint density at radius 1 is 1.31 bits per heavy atom. The van der Waals surface area contributed by atoms with Gasteiger partial charge in [0, 0.05) is 43.8 Å². The van der Waals surface area contributed by atoms with Crippen molar-refractivity contribution >= 4 is 11.8 Å². The first-order valence-corrected chi connectivity index (χ1v) is 10.7. The molecule has 0 spiro atoms. The van der Waals surface area contributed by atoms with Crippen LogP contribution in [0.25, 0.3) is 0 Å². The quantitative estimate of drug-likeness (QED) is 0.745. The third-order valence-electron chi connectivity index (χ3n) is 5.64. The molecule has 0 saturated carbocycles. The third-order valence-corrected chi connectivity index (χ3v) is 5.64. The van der Waals surface area contributed by atoms with Gasteiger partial charge in [-0.2, -0.15) is 0 Å². The van der Waals surface area contributed by atoms with E-state index in [1.165, 1.54) is 6.92 Å². The normalized spacial score (nSPS) is 18.9. The van der Waals surface area contributed by atoms with E-state index in [1.807, 2.05) is 37.3 Å². The molecule has 1 aromatic carbocycles. The van der Waals surface area contributed by atoms with E-state index in [0.717, 1.165) is 5.56 Å². The summed E-state index contributed by atoms with van der Waals surface area (Å²) < 4.78 is 6.16. The van der Waals surface area contributed by atoms with Crippen LogP contribution in [-0.2, 0) is 4.79 Å². The molecule has 7 nitrogen and oxygen atoms in total. The second-order valence-electron chi connectivity index (χ2n) is 8.21. The molecular weight excluding hydrogens is 406 g/mol. The van der Waals surface area contributed by atoms with Crippen LogP contribution in [0.4, 0.5) is 0 Å². The maximum Gasteiger partial charge on any atom is 0.259 e. The van der Waals surface area contributed by atoms with Crippen LogP contribution in [0.1, 0.15) is 42.3 Å². The zero-order chi connectivity index (χ0) is 23.3. The Labute approximate surface area is 189 Å². The van der Waals surface area contributed by atoms with E-state index in [1.54, 1.807) is 36.0 Å². The minimum absolute atomic E-state index is 0.0702. The Morgan fingerprint density at radius 2 is 2.00 bits per heavy atom. The number of carbonyl (C=O) groups excluding carboxylic acids is 2. The highest BCUT2D eigenvalue weighted by molar-refractivity contribution is 5.97. The van der Waals surface area contributed by atoms with Gasteiger partial charge in [0.2, 0.25) is 11.8 Å². The molecule has 2 aromatic rings. The zero-order valence-electron chi connectivity index (χ0n) is 18.9. The molecule has 0 bridgehead atoms. The smallest absolute Gasteiger partial charge is 0.259 e. The van der Waals surface area contributed by atoms with Crippen LogP contribution in [0.5, 0.6) is 5.88 Å². The first kappa shape index (κ1) is 23.3. The fourth-order valence-corrected chi connectivity index (χ4v) is 3.45. The number of carbonyl (C=O) groups is 2. The van der Waals surface area contributed by atoms with Crippen molar-refractivity contribution in [2.45, 2.75) is 32.9 Å². The van der Waals surface area contributed by atoms with Gasteiger partial charge in [-0.25, -0.2) is 4.98 Å². The minimum Gasteiger partial charge on any atom is -0.472 e. The number of amides is 2. The van der Waals surface area contributed by atoms with Gasteiger partial charge in [0.25, 0.3) is 5.91 Å². The molecular formula is C25H29N3O4. The molecule has 1 N–H and O–H groups in total. The lowest BCUT2D eigenvalue weighted by atomic mass is 10.00. The number of fused-ring (bicyclic) bond motifs is 1. The molecule has 1 aliphatic rings. The van der Waals surface area contributed by atoms with E-state index < -0.39 is 0 Å². The van der Waals surface area contributed by atoms with Gasteiger partial charge >= 0.3 is 0 Å². The SMILES string of the molecule is CC(=O)N(C)C[C@@H]1Oc2ncc(C#Cc3ccccc3)cc2C(=O)N([C@@H](C)CO)C[C@@H]1C. The summed E-state index contributed by atoms with van der Waals surface area (Å²) in [6.07, 6.45) is 1.22. The summed E-state index contributed by atoms with van der Waals surface area (Å²) in [5, 5.41) is 9.73. The average Bonchev–Trinajstić information content (AvgIpc) is 2.80. The van der Waals surface area contributed by atoms with Gasteiger partial charge in [-0.1, -0.05) is 37.0 Å². The van der Waals surface area contributed by atoms with Crippen molar-refractivity contribution in [2.24, 2.45) is 5.92 Å². The lowest BCUT2D eigenvalue weighted by Crippen LogP contribution is -2.50. The summed E-state index contributed by atoms with van der Waals surface area (Å²) >= 11 is 0. The highest BCUT2D eigenvalue weighted by Crippen LogP contribution is 2.27. The van der Waals surface area contributed by atoms with Gasteiger partial charge in [-0.15, -0.1) is 0 Å². The Kier molecular flexibility index (Phi) is 7.49. The third kappa shape index (κ3) is 5.45. The molecule has 0 saturated heterocycles. The summed E-state index contributed by atoms with van der Waals surface area (Å²) in [5.41, 5.74) is 1.75. The first-order valence-electron chi connectivity index (χ1n) is 10.7. The van der Waals surface area contributed by atoms with Gasteiger partial charge in [0.05, 0.1) is 19.2 Å². The number of benzene rings is 1. The number of pyridine rings is 1. The van der Waals surface area contributed by atoms with Crippen LogP contribution in [0, 0.1) is 17.8 Å². The van der Waals surface area contributed by atoms with Crippen LogP contribution < -0.4 is 4.74 Å². The van der Waals surface area contributed by atoms with Crippen LogP contribution in [0.15, 0.2) is 42.6 Å². The number of hydrogen-bond acceptors (Lipinski definition) is 5. The molecule has 0 fully saturated rings. The molecule has 2 amide bonds. The number of likely N-dealkylation sites (N-methyl/N-ethyl adjacent to an activating group) is 1. The minimum atomic E-state index is -0.374. The summed E-state index contributed by atoms with van der Waals surface area (Å²) in [6.45, 7) is 5.86. The molecule has 2 heterocycles. The standard InChI is InChI=1S/C25H29N3O4/c1-17-14-28(18(2)16-29)25(31)22-12-21(11-10-20-8-6-5-7-9-20)13-26-24(22)32-23(17)15-27(4)19(3)30/h5-9,12-13,17-18,23,29H,14-16H2,1-4H3/t17-,18-,23-/m0/s1. The summed E-state index contributed by atoms with van der Waals surface area (Å²) in [7, 11) is 1.72. The van der Waals surface area contributed by atoms with Crippen molar-refractivity contribution in [1.29, 1.82) is 0 Å². The van der Waals surface area contributed by atoms with Crippen LogP contribution >= 0.6 is 0 Å². The van der Waals surface area contributed by atoms with Crippen molar-refractivity contribution in [3.63, 3.8) is 0 Å². The Hall–Kier alpha value is -3.37. The highest BCUT2D eigenvalue weighted by atomic mass is 16.5. The van der Waals surface area contributed by atoms with E-state index in [2.05, 4.69) is 16.8 Å². The molecule has 3 rings (SSSR count). The monoisotopic (exact) mass is 435 g/mol. The van der Waals surface area contributed by atoms with Gasteiger partial charge in [-0.05, 0) is 25.1 Å². The number of aliphatic hydroxyl groups excluding tert-OH is 1. The van der Waals surface area contributed by atoms with Crippen LogP contribution in [-0.4, -0.2) is 70.6 Å². The summed E-state index contributed by atoms with van der Waals surface area (Å²) in [5.74, 6) is 5.92. The molecule has 168 valence electrons. The molecule has 0 radical (unpaired) electrons. The van der Waals surface area contributed by atoms with E-state index in [-0.39, 0.29) is 42.4 Å². The van der Waals surface area contributed by atoms with Gasteiger partial charge in [0.1, 0.15) is 11.7 Å². The van der Waals surface area contributed by atoms with Crippen molar-refractivity contribution in [3.05, 3.63) is 59.3 Å². The Morgan fingerprint density at radius 3 is 2.66 bits per heavy atom. The van der Waals surface area contributed by atoms with Crippen LogP contribution in [0.2, 0.25) is 0 Å². The molecule has 1 aliphatic heterocycles. The topological polar surface area (TPSA) is 83.0 Å². The lowest BCUT2D eigenvalue weighted by Gasteiger charge is -2.37. The van der Waals surface area contributed by atoms with Crippen molar-refractivity contribution in [2.75, 3.05) is 26.7 Å². The molecule has 32 heavy (non-hydrogen) atoms. The van der Waals surface area contributed by atoms with Crippen molar-refractivity contribution in [3.8, 4) is 17.7 Å². The van der Waals surface area contributed by atoms with E-state index in [4.69, 9.17) is 4.74 Å². The maximum atomic E-state index is 13.4. The summed E-state index contributed by atoms with van der Waals surface area (Å²) in [4.78, 5) is 32.8. The predicted molar refractivity (Wildman–Crippen MR) is 121 cm³/mol. The van der Waals surface area contributed by atoms with Gasteiger partial charge in [0.15, 0.2) is 0 Å². The largest absolute Gasteiger partial charge is 0.472 e. The molecule has 3 atom stereocenters. The fourth-order valence-electron chi connectivity index (χ4n) is 3.45. The van der Waals surface area contributed by atoms with Crippen molar-refractivity contribution in [1.82, 2.24) is 14.8 Å². The number of nitrogens with zero attached hydrogens (tertiary/aromatic N) is 3. The Balaban J connectivity index is 2.00. The molecule has 7 heteroatoms. The Bertz CT molecular complexity index is 1030.